The Morgan fingerprint density at radius 1 is 1.04 bits per heavy atom. The number of nitrogens with two attached hydrogens (primary N) is 1. The van der Waals surface area contributed by atoms with Crippen LogP contribution in [0.2, 0.25) is 0 Å². The number of piperazine rings is 1. The van der Waals surface area contributed by atoms with Gasteiger partial charge in [0.05, 0.1) is 28.7 Å². The Morgan fingerprint density at radius 2 is 1.85 bits per heavy atom. The van der Waals surface area contributed by atoms with Crippen molar-refractivity contribution in [3.8, 4) is 29.6 Å². The van der Waals surface area contributed by atoms with Gasteiger partial charge < -0.3 is 24.2 Å². The molecule has 2 aromatic carbocycles. The van der Waals surface area contributed by atoms with E-state index in [0.29, 0.717) is 96.1 Å². The molecule has 3 fully saturated rings. The average Bonchev–Trinajstić information content (AvgIpc) is 3.84. The summed E-state index contributed by atoms with van der Waals surface area (Å²) in [5.74, 6) is 2.30. The highest BCUT2D eigenvalue weighted by Crippen LogP contribution is 2.43. The van der Waals surface area contributed by atoms with E-state index < -0.39 is 17.5 Å². The van der Waals surface area contributed by atoms with Crippen molar-refractivity contribution >= 4 is 33.2 Å². The summed E-state index contributed by atoms with van der Waals surface area (Å²) in [4.78, 5) is 33.9. The highest BCUT2D eigenvalue weighted by atomic mass is 19.1. The molecule has 1 unspecified atom stereocenters. The largest absolute Gasteiger partial charge is 0.519 e. The number of ether oxygens (including phenoxy) is 1. The van der Waals surface area contributed by atoms with Gasteiger partial charge in [0.25, 0.3) is 0 Å². The fraction of sp³-hybridized carbons (Fsp3) is 0.463. The van der Waals surface area contributed by atoms with E-state index in [1.807, 2.05) is 6.92 Å². The highest BCUT2D eigenvalue weighted by molar-refractivity contribution is 6.04. The van der Waals surface area contributed by atoms with Gasteiger partial charge >= 0.3 is 11.8 Å². The van der Waals surface area contributed by atoms with Gasteiger partial charge in [-0.2, -0.15) is 9.97 Å². The van der Waals surface area contributed by atoms with Gasteiger partial charge in [0.2, 0.25) is 0 Å². The first kappa shape index (κ1) is 34.7. The lowest BCUT2D eigenvalue weighted by molar-refractivity contribution is 0.107. The molecular formula is C41H43F2N7O4. The molecule has 4 aliphatic heterocycles. The molecule has 280 valence electrons. The van der Waals surface area contributed by atoms with Crippen LogP contribution in [-0.2, 0) is 19.4 Å². The molecule has 3 aromatic heterocycles. The third-order valence-corrected chi connectivity index (χ3v) is 11.9. The Hall–Kier alpha value is -5.06. The van der Waals surface area contributed by atoms with Crippen LogP contribution >= 0.6 is 0 Å². The van der Waals surface area contributed by atoms with Crippen LogP contribution < -0.4 is 21.2 Å². The Bertz CT molecular complexity index is 2380. The standard InChI is InChI=1S/C41H43F2N7O4/c1-3-8-31-32(54-40(51)53-31)22-48-17-18-50-26(21-48)9-5-10-30-34-37(46-39(47-38(34)50)52-23-41-13-6-15-49(41)16-7-14-41)35(43)36(45-30)28-20-25(44)19-24-11-12-29(42)27(4-2)33(24)28/h2,11-12,19-20,26H,3,5-10,13-18,21-23,44H2,1H3. The molecule has 11 nitrogen and oxygen atoms in total. The van der Waals surface area contributed by atoms with Crippen LogP contribution in [0, 0.1) is 24.0 Å². The number of fused-ring (bicyclic) bond motifs is 4. The highest BCUT2D eigenvalue weighted by Gasteiger charge is 2.45. The van der Waals surface area contributed by atoms with Gasteiger partial charge in [-0.15, -0.1) is 6.42 Å². The molecule has 2 N–H and O–H groups in total. The minimum atomic E-state index is -0.677. The maximum absolute atomic E-state index is 17.4. The normalized spacial score (nSPS) is 19.8. The number of benzene rings is 2. The molecule has 0 amide bonds. The zero-order chi connectivity index (χ0) is 37.1. The number of terminal acetylenes is 1. The first-order valence-electron chi connectivity index (χ1n) is 19.1. The Labute approximate surface area is 311 Å². The summed E-state index contributed by atoms with van der Waals surface area (Å²) in [6.45, 7) is 6.92. The SMILES string of the molecule is C#Cc1c(F)ccc2cc(N)cc(-c3nc4c5c(nc(OCC67CCCN6CCC7)nc5c3F)N3CCN(Cc5oc(=O)oc5CCC)CC3CCC4)c12. The van der Waals surface area contributed by atoms with Crippen LogP contribution in [0.25, 0.3) is 32.9 Å². The number of aryl methyl sites for hydroxylation is 2. The predicted octanol–water partition coefficient (Wildman–Crippen LogP) is 6.22. The average molecular weight is 736 g/mol. The van der Waals surface area contributed by atoms with Crippen molar-refractivity contribution < 1.29 is 22.4 Å². The summed E-state index contributed by atoms with van der Waals surface area (Å²) in [6.07, 6.45) is 13.7. The van der Waals surface area contributed by atoms with Gasteiger partial charge in [-0.3, -0.25) is 9.80 Å². The third-order valence-electron chi connectivity index (χ3n) is 11.9. The maximum atomic E-state index is 17.4. The lowest BCUT2D eigenvalue weighted by Crippen LogP contribution is -2.53. The zero-order valence-electron chi connectivity index (χ0n) is 30.4. The number of aromatic nitrogens is 3. The van der Waals surface area contributed by atoms with Crippen molar-refractivity contribution in [1.29, 1.82) is 0 Å². The number of hydrogen-bond acceptors (Lipinski definition) is 11. The number of pyridine rings is 1. The molecular weight excluding hydrogens is 692 g/mol. The third kappa shape index (κ3) is 5.87. The molecule has 3 saturated heterocycles. The fourth-order valence-electron chi connectivity index (χ4n) is 9.46. The lowest BCUT2D eigenvalue weighted by Gasteiger charge is -2.43. The quantitative estimate of drug-likeness (QED) is 0.144. The van der Waals surface area contributed by atoms with E-state index in [9.17, 15) is 4.79 Å². The molecule has 0 spiro atoms. The summed E-state index contributed by atoms with van der Waals surface area (Å²) in [5.41, 5.74) is 7.74. The smallest absolute Gasteiger partial charge is 0.461 e. The van der Waals surface area contributed by atoms with E-state index >= 15 is 8.78 Å². The van der Waals surface area contributed by atoms with Crippen LogP contribution in [0.4, 0.5) is 20.3 Å². The predicted molar refractivity (Wildman–Crippen MR) is 201 cm³/mol. The van der Waals surface area contributed by atoms with Crippen molar-refractivity contribution in [3.05, 3.63) is 69.3 Å². The first-order chi connectivity index (χ1) is 26.2. The van der Waals surface area contributed by atoms with Crippen molar-refractivity contribution in [3.63, 3.8) is 0 Å². The zero-order valence-corrected chi connectivity index (χ0v) is 30.4. The maximum Gasteiger partial charge on any atom is 0.519 e. The number of nitrogens with zero attached hydrogens (tertiary/aromatic N) is 6. The summed E-state index contributed by atoms with van der Waals surface area (Å²) in [6, 6.07) is 6.34. The Morgan fingerprint density at radius 3 is 2.65 bits per heavy atom. The van der Waals surface area contributed by atoms with E-state index in [4.69, 9.17) is 40.7 Å². The second-order valence-corrected chi connectivity index (χ2v) is 15.2. The second-order valence-electron chi connectivity index (χ2n) is 15.2. The summed E-state index contributed by atoms with van der Waals surface area (Å²) < 4.78 is 49.9. The van der Waals surface area contributed by atoms with Crippen LogP contribution in [0.15, 0.2) is 37.9 Å². The van der Waals surface area contributed by atoms with Crippen molar-refractivity contribution in [2.75, 3.05) is 50.0 Å². The van der Waals surface area contributed by atoms with Gasteiger partial charge in [0.15, 0.2) is 17.3 Å². The van der Waals surface area contributed by atoms with Gasteiger partial charge in [-0.25, -0.2) is 18.6 Å². The van der Waals surface area contributed by atoms with E-state index in [-0.39, 0.29) is 34.4 Å². The Balaban J connectivity index is 1.16. The molecule has 5 aromatic rings. The van der Waals surface area contributed by atoms with Gasteiger partial charge in [-0.05, 0) is 88.0 Å². The minimum Gasteiger partial charge on any atom is -0.461 e. The molecule has 9 rings (SSSR count). The molecule has 0 bridgehead atoms. The number of rotatable bonds is 8. The molecule has 1 atom stereocenters. The van der Waals surface area contributed by atoms with Crippen LogP contribution in [0.3, 0.4) is 0 Å². The molecule has 54 heavy (non-hydrogen) atoms. The second kappa shape index (κ2) is 13.7. The molecule has 0 saturated carbocycles. The molecule has 7 heterocycles. The van der Waals surface area contributed by atoms with Crippen molar-refractivity contribution in [1.82, 2.24) is 24.8 Å². The topological polar surface area (TPSA) is 127 Å². The van der Waals surface area contributed by atoms with Crippen LogP contribution in [-0.4, -0.2) is 75.7 Å². The molecule has 0 radical (unpaired) electrons. The summed E-state index contributed by atoms with van der Waals surface area (Å²) in [5, 5.41) is 1.51. The molecule has 13 heteroatoms. The van der Waals surface area contributed by atoms with E-state index in [2.05, 4.69) is 20.6 Å². The minimum absolute atomic E-state index is 0.00952. The van der Waals surface area contributed by atoms with E-state index in [1.165, 1.54) is 6.07 Å². The van der Waals surface area contributed by atoms with Gasteiger partial charge in [0, 0.05) is 48.7 Å². The lowest BCUT2D eigenvalue weighted by atomic mass is 9.94. The summed E-state index contributed by atoms with van der Waals surface area (Å²) >= 11 is 0. The monoisotopic (exact) mass is 735 g/mol. The Kier molecular flexibility index (Phi) is 8.77. The number of hydrogen-bond donors (Lipinski definition) is 1. The van der Waals surface area contributed by atoms with Gasteiger partial charge in [0.1, 0.15) is 29.5 Å². The van der Waals surface area contributed by atoms with Crippen molar-refractivity contribution in [2.45, 2.75) is 82.8 Å². The van der Waals surface area contributed by atoms with E-state index in [1.54, 1.807) is 18.2 Å². The van der Waals surface area contributed by atoms with Crippen LogP contribution in [0.5, 0.6) is 6.01 Å². The number of nitrogen functional groups attached to an aromatic ring is 1. The van der Waals surface area contributed by atoms with Crippen LogP contribution in [0.1, 0.15) is 74.6 Å². The first-order valence-corrected chi connectivity index (χ1v) is 19.1. The fourth-order valence-corrected chi connectivity index (χ4v) is 9.46. The van der Waals surface area contributed by atoms with Gasteiger partial charge in [-0.1, -0.05) is 18.9 Å². The molecule has 4 aliphatic rings. The van der Waals surface area contributed by atoms with Crippen molar-refractivity contribution in [2.24, 2.45) is 0 Å². The molecule has 0 aliphatic carbocycles. The number of anilines is 2. The van der Waals surface area contributed by atoms with E-state index in [0.717, 1.165) is 58.0 Å². The summed E-state index contributed by atoms with van der Waals surface area (Å²) in [7, 11) is 0. The number of halogens is 2.